The minimum absolute atomic E-state index is 0.394. The van der Waals surface area contributed by atoms with Crippen LogP contribution in [0.3, 0.4) is 0 Å². The summed E-state index contributed by atoms with van der Waals surface area (Å²) in [6.45, 7) is 0. The van der Waals surface area contributed by atoms with Crippen molar-refractivity contribution < 1.29 is 0 Å². The van der Waals surface area contributed by atoms with Crippen LogP contribution in [0.4, 0.5) is 0 Å². The van der Waals surface area contributed by atoms with Crippen molar-refractivity contribution in [3.63, 3.8) is 0 Å². The Balaban J connectivity index is 1.93. The van der Waals surface area contributed by atoms with Gasteiger partial charge in [-0.1, -0.05) is 54.6 Å². The molecule has 1 atom stereocenters. The number of fused-ring (bicyclic) bond motifs is 3. The Bertz CT molecular complexity index is 750. The third kappa shape index (κ3) is 1.73. The summed E-state index contributed by atoms with van der Waals surface area (Å²) in [6, 6.07) is 19.3. The first-order valence-corrected chi connectivity index (χ1v) is 6.86. The van der Waals surface area contributed by atoms with Crippen LogP contribution in [0.15, 0.2) is 67.1 Å². The van der Waals surface area contributed by atoms with Crippen molar-refractivity contribution in [3.8, 4) is 11.3 Å². The molecular formula is C18H14N2. The lowest BCUT2D eigenvalue weighted by Gasteiger charge is -2.27. The second-order valence-corrected chi connectivity index (χ2v) is 5.15. The molecule has 0 amide bonds. The van der Waals surface area contributed by atoms with E-state index in [1.165, 1.54) is 22.3 Å². The van der Waals surface area contributed by atoms with Gasteiger partial charge in [0, 0.05) is 17.7 Å². The maximum atomic E-state index is 4.48. The first-order chi connectivity index (χ1) is 9.93. The summed E-state index contributed by atoms with van der Waals surface area (Å²) in [4.78, 5) is 8.67. The SMILES string of the molecule is c1ccc(C2Cc3cncnc3-c3ccccc32)cc1. The number of hydrogen-bond acceptors (Lipinski definition) is 2. The van der Waals surface area contributed by atoms with Gasteiger partial charge >= 0.3 is 0 Å². The van der Waals surface area contributed by atoms with Gasteiger partial charge < -0.3 is 0 Å². The fourth-order valence-corrected chi connectivity index (χ4v) is 3.08. The van der Waals surface area contributed by atoms with Gasteiger partial charge in [-0.25, -0.2) is 9.97 Å². The van der Waals surface area contributed by atoms with Crippen LogP contribution >= 0.6 is 0 Å². The summed E-state index contributed by atoms with van der Waals surface area (Å²) < 4.78 is 0. The summed E-state index contributed by atoms with van der Waals surface area (Å²) in [7, 11) is 0. The molecular weight excluding hydrogens is 244 g/mol. The van der Waals surface area contributed by atoms with Crippen molar-refractivity contribution in [2.75, 3.05) is 0 Å². The smallest absolute Gasteiger partial charge is 0.116 e. The van der Waals surface area contributed by atoms with E-state index < -0.39 is 0 Å². The van der Waals surface area contributed by atoms with Crippen LogP contribution in [0.25, 0.3) is 11.3 Å². The molecule has 3 aromatic rings. The lowest BCUT2D eigenvalue weighted by Crippen LogP contribution is -2.13. The molecule has 0 aliphatic heterocycles. The van der Waals surface area contributed by atoms with Crippen LogP contribution < -0.4 is 0 Å². The summed E-state index contributed by atoms with van der Waals surface area (Å²) in [6.07, 6.45) is 4.56. The zero-order valence-electron chi connectivity index (χ0n) is 11.0. The second kappa shape index (κ2) is 4.57. The summed E-state index contributed by atoms with van der Waals surface area (Å²) in [5, 5.41) is 0. The van der Waals surface area contributed by atoms with Crippen LogP contribution in [0, 0.1) is 0 Å². The number of hydrogen-bond donors (Lipinski definition) is 0. The molecule has 2 nitrogen and oxygen atoms in total. The fourth-order valence-electron chi connectivity index (χ4n) is 3.08. The number of benzene rings is 2. The zero-order chi connectivity index (χ0) is 13.4. The third-order valence-corrected chi connectivity index (χ3v) is 4.01. The maximum absolute atomic E-state index is 4.48. The average Bonchev–Trinajstić information content (AvgIpc) is 2.55. The molecule has 0 spiro atoms. The van der Waals surface area contributed by atoms with E-state index >= 15 is 0 Å². The van der Waals surface area contributed by atoms with Gasteiger partial charge in [0.2, 0.25) is 0 Å². The number of nitrogens with zero attached hydrogens (tertiary/aromatic N) is 2. The molecule has 0 bridgehead atoms. The Labute approximate surface area is 118 Å². The Morgan fingerprint density at radius 3 is 2.60 bits per heavy atom. The quantitative estimate of drug-likeness (QED) is 0.663. The number of aromatic nitrogens is 2. The van der Waals surface area contributed by atoms with Gasteiger partial charge in [-0.05, 0) is 23.1 Å². The molecule has 4 rings (SSSR count). The van der Waals surface area contributed by atoms with E-state index in [4.69, 9.17) is 0 Å². The Hall–Kier alpha value is -2.48. The highest BCUT2D eigenvalue weighted by molar-refractivity contribution is 5.71. The molecule has 1 aliphatic carbocycles. The Morgan fingerprint density at radius 2 is 1.70 bits per heavy atom. The van der Waals surface area contributed by atoms with Crippen molar-refractivity contribution in [3.05, 3.63) is 83.8 Å². The number of rotatable bonds is 1. The van der Waals surface area contributed by atoms with E-state index in [-0.39, 0.29) is 0 Å². The molecule has 0 saturated carbocycles. The maximum Gasteiger partial charge on any atom is 0.116 e. The summed E-state index contributed by atoms with van der Waals surface area (Å²) in [5.41, 5.74) is 6.28. The molecule has 1 unspecified atom stereocenters. The molecule has 0 saturated heterocycles. The van der Waals surface area contributed by atoms with E-state index in [1.54, 1.807) is 6.33 Å². The Morgan fingerprint density at radius 1 is 0.900 bits per heavy atom. The van der Waals surface area contributed by atoms with Gasteiger partial charge in [0.05, 0.1) is 5.69 Å². The van der Waals surface area contributed by atoms with E-state index in [2.05, 4.69) is 64.6 Å². The molecule has 1 aromatic heterocycles. The van der Waals surface area contributed by atoms with Crippen LogP contribution in [0.5, 0.6) is 0 Å². The lowest BCUT2D eigenvalue weighted by molar-refractivity contribution is 0.781. The van der Waals surface area contributed by atoms with E-state index in [0.717, 1.165) is 12.1 Å². The first-order valence-electron chi connectivity index (χ1n) is 6.86. The van der Waals surface area contributed by atoms with Gasteiger partial charge in [-0.15, -0.1) is 0 Å². The summed E-state index contributed by atoms with van der Waals surface area (Å²) in [5.74, 6) is 0.394. The van der Waals surface area contributed by atoms with Crippen LogP contribution in [0.1, 0.15) is 22.6 Å². The topological polar surface area (TPSA) is 25.8 Å². The van der Waals surface area contributed by atoms with Gasteiger partial charge in [-0.2, -0.15) is 0 Å². The monoisotopic (exact) mass is 258 g/mol. The van der Waals surface area contributed by atoms with Crippen LogP contribution in [-0.2, 0) is 6.42 Å². The fraction of sp³-hybridized carbons (Fsp3) is 0.111. The van der Waals surface area contributed by atoms with E-state index in [1.807, 2.05) is 6.20 Å². The molecule has 2 aromatic carbocycles. The van der Waals surface area contributed by atoms with Gasteiger partial charge in [0.25, 0.3) is 0 Å². The van der Waals surface area contributed by atoms with Gasteiger partial charge in [0.15, 0.2) is 0 Å². The van der Waals surface area contributed by atoms with Crippen molar-refractivity contribution in [1.82, 2.24) is 9.97 Å². The molecule has 1 heterocycles. The van der Waals surface area contributed by atoms with Gasteiger partial charge in [0.1, 0.15) is 6.33 Å². The first kappa shape index (κ1) is 11.4. The molecule has 2 heteroatoms. The molecule has 0 N–H and O–H groups in total. The molecule has 96 valence electrons. The van der Waals surface area contributed by atoms with Crippen molar-refractivity contribution in [2.24, 2.45) is 0 Å². The molecule has 0 radical (unpaired) electrons. The van der Waals surface area contributed by atoms with E-state index in [0.29, 0.717) is 5.92 Å². The van der Waals surface area contributed by atoms with Crippen molar-refractivity contribution in [2.45, 2.75) is 12.3 Å². The minimum atomic E-state index is 0.394. The van der Waals surface area contributed by atoms with Gasteiger partial charge in [-0.3, -0.25) is 0 Å². The largest absolute Gasteiger partial charge is 0.244 e. The van der Waals surface area contributed by atoms with E-state index in [9.17, 15) is 0 Å². The van der Waals surface area contributed by atoms with Crippen molar-refractivity contribution >= 4 is 0 Å². The minimum Gasteiger partial charge on any atom is -0.244 e. The average molecular weight is 258 g/mol. The highest BCUT2D eigenvalue weighted by Crippen LogP contribution is 2.40. The predicted octanol–water partition coefficient (Wildman–Crippen LogP) is 3.83. The predicted molar refractivity (Wildman–Crippen MR) is 79.5 cm³/mol. The van der Waals surface area contributed by atoms with Crippen LogP contribution in [0.2, 0.25) is 0 Å². The summed E-state index contributed by atoms with van der Waals surface area (Å²) >= 11 is 0. The lowest BCUT2D eigenvalue weighted by atomic mass is 9.78. The molecule has 1 aliphatic rings. The second-order valence-electron chi connectivity index (χ2n) is 5.15. The zero-order valence-corrected chi connectivity index (χ0v) is 11.0. The molecule has 0 fully saturated rings. The highest BCUT2D eigenvalue weighted by Gasteiger charge is 2.26. The highest BCUT2D eigenvalue weighted by atomic mass is 14.8. The molecule has 20 heavy (non-hydrogen) atoms. The standard InChI is InChI=1S/C18H14N2/c1-2-6-13(7-3-1)17-10-14-11-19-12-20-18(14)16-9-5-4-8-15(16)17/h1-9,11-12,17H,10H2. The Kier molecular flexibility index (Phi) is 2.59. The van der Waals surface area contributed by atoms with Crippen LogP contribution in [-0.4, -0.2) is 9.97 Å². The third-order valence-electron chi connectivity index (χ3n) is 4.01. The normalized spacial score (nSPS) is 16.3. The van der Waals surface area contributed by atoms with Crippen molar-refractivity contribution in [1.29, 1.82) is 0 Å².